The van der Waals surface area contributed by atoms with Gasteiger partial charge in [-0.1, -0.05) is 12.1 Å². The highest BCUT2D eigenvalue weighted by atomic mass is 32.1. The van der Waals surface area contributed by atoms with Gasteiger partial charge in [-0.25, -0.2) is 4.98 Å². The number of carbonyl (C=O) groups excluding carboxylic acids is 1. The molecule has 25 heavy (non-hydrogen) atoms. The van der Waals surface area contributed by atoms with Crippen molar-refractivity contribution >= 4 is 33.1 Å². The van der Waals surface area contributed by atoms with Crippen molar-refractivity contribution in [3.63, 3.8) is 0 Å². The van der Waals surface area contributed by atoms with Gasteiger partial charge in [-0.05, 0) is 38.5 Å². The van der Waals surface area contributed by atoms with Crippen LogP contribution in [0, 0.1) is 13.8 Å². The highest BCUT2D eigenvalue weighted by Gasteiger charge is 2.20. The monoisotopic (exact) mass is 357 g/mol. The molecule has 0 aliphatic rings. The number of methoxy groups -OCH3 is 1. The third-order valence-corrected chi connectivity index (χ3v) is 5.39. The molecular formula is C18H19N3O3S. The van der Waals surface area contributed by atoms with Gasteiger partial charge in [0.2, 0.25) is 5.91 Å². The number of hydrogen-bond donors (Lipinski definition) is 1. The number of aryl methyl sites for hydroxylation is 2. The molecule has 7 heteroatoms. The van der Waals surface area contributed by atoms with E-state index >= 15 is 0 Å². The van der Waals surface area contributed by atoms with Gasteiger partial charge in [0.05, 0.1) is 24.5 Å². The average Bonchev–Trinajstić information content (AvgIpc) is 2.90. The van der Waals surface area contributed by atoms with Gasteiger partial charge in [0.1, 0.15) is 16.6 Å². The summed E-state index contributed by atoms with van der Waals surface area (Å²) in [4.78, 5) is 31.5. The molecule has 0 fully saturated rings. The molecule has 0 bridgehead atoms. The van der Waals surface area contributed by atoms with Gasteiger partial charge >= 0.3 is 0 Å². The number of ether oxygens (including phenoxy) is 1. The summed E-state index contributed by atoms with van der Waals surface area (Å²) in [5.41, 5.74) is 1.28. The molecule has 0 aliphatic carbocycles. The Labute approximate surface area is 149 Å². The van der Waals surface area contributed by atoms with Crippen molar-refractivity contribution in [3.8, 4) is 5.75 Å². The lowest BCUT2D eigenvalue weighted by molar-refractivity contribution is -0.118. The number of rotatable bonds is 4. The van der Waals surface area contributed by atoms with Crippen molar-refractivity contribution in [1.82, 2.24) is 9.55 Å². The number of thiophene rings is 1. The predicted molar refractivity (Wildman–Crippen MR) is 99.7 cm³/mol. The van der Waals surface area contributed by atoms with Crippen LogP contribution < -0.4 is 15.6 Å². The van der Waals surface area contributed by atoms with Crippen molar-refractivity contribution in [2.75, 3.05) is 12.4 Å². The van der Waals surface area contributed by atoms with Crippen LogP contribution >= 0.6 is 11.3 Å². The molecule has 0 saturated carbocycles. The maximum absolute atomic E-state index is 12.8. The van der Waals surface area contributed by atoms with E-state index in [1.165, 1.54) is 22.2 Å². The van der Waals surface area contributed by atoms with Gasteiger partial charge < -0.3 is 10.1 Å². The molecule has 6 nitrogen and oxygen atoms in total. The highest BCUT2D eigenvalue weighted by Crippen LogP contribution is 2.27. The number of nitrogens with one attached hydrogen (secondary N) is 1. The molecule has 0 radical (unpaired) electrons. The summed E-state index contributed by atoms with van der Waals surface area (Å²) in [5, 5.41) is 3.39. The van der Waals surface area contributed by atoms with E-state index in [2.05, 4.69) is 10.3 Å². The zero-order valence-electron chi connectivity index (χ0n) is 14.5. The van der Waals surface area contributed by atoms with Gasteiger partial charge in [-0.3, -0.25) is 14.2 Å². The summed E-state index contributed by atoms with van der Waals surface area (Å²) >= 11 is 1.49. The number of para-hydroxylation sites is 2. The topological polar surface area (TPSA) is 73.2 Å². The van der Waals surface area contributed by atoms with Crippen molar-refractivity contribution in [2.24, 2.45) is 0 Å². The molecule has 0 saturated heterocycles. The fraction of sp³-hybridized carbons (Fsp3) is 0.278. The van der Waals surface area contributed by atoms with E-state index in [0.29, 0.717) is 21.7 Å². The number of amides is 1. The van der Waals surface area contributed by atoms with E-state index in [4.69, 9.17) is 4.74 Å². The van der Waals surface area contributed by atoms with Crippen LogP contribution in [0.5, 0.6) is 5.75 Å². The second-order valence-corrected chi connectivity index (χ2v) is 6.99. The van der Waals surface area contributed by atoms with Gasteiger partial charge in [0.25, 0.3) is 5.56 Å². The summed E-state index contributed by atoms with van der Waals surface area (Å²) < 4.78 is 6.60. The number of fused-ring (bicyclic) bond motifs is 1. The Morgan fingerprint density at radius 1 is 1.32 bits per heavy atom. The van der Waals surface area contributed by atoms with Crippen LogP contribution in [0.2, 0.25) is 0 Å². The molecule has 3 aromatic rings. The number of anilines is 1. The minimum atomic E-state index is -0.700. The minimum Gasteiger partial charge on any atom is -0.495 e. The lowest BCUT2D eigenvalue weighted by atomic mass is 10.2. The molecule has 2 heterocycles. The first-order valence-electron chi connectivity index (χ1n) is 7.84. The summed E-state index contributed by atoms with van der Waals surface area (Å²) in [7, 11) is 1.54. The van der Waals surface area contributed by atoms with E-state index in [9.17, 15) is 9.59 Å². The number of aromatic nitrogens is 2. The van der Waals surface area contributed by atoms with Gasteiger partial charge in [0.15, 0.2) is 0 Å². The smallest absolute Gasteiger partial charge is 0.263 e. The van der Waals surface area contributed by atoms with Gasteiger partial charge in [-0.2, -0.15) is 0 Å². The Hall–Kier alpha value is -2.67. The first-order valence-corrected chi connectivity index (χ1v) is 8.66. The van der Waals surface area contributed by atoms with Crippen molar-refractivity contribution in [3.05, 3.63) is 51.4 Å². The molecule has 1 aromatic carbocycles. The number of benzene rings is 1. The average molecular weight is 357 g/mol. The lowest BCUT2D eigenvalue weighted by Gasteiger charge is -2.16. The predicted octanol–water partition coefficient (Wildman–Crippen LogP) is 3.28. The number of carbonyl (C=O) groups is 1. The first-order chi connectivity index (χ1) is 11.9. The van der Waals surface area contributed by atoms with Crippen LogP contribution in [0.3, 0.4) is 0 Å². The van der Waals surface area contributed by atoms with E-state index in [1.54, 1.807) is 32.2 Å². The van der Waals surface area contributed by atoms with Crippen LogP contribution in [-0.2, 0) is 4.79 Å². The summed E-state index contributed by atoms with van der Waals surface area (Å²) in [6, 6.07) is 6.44. The van der Waals surface area contributed by atoms with Crippen molar-refractivity contribution < 1.29 is 9.53 Å². The van der Waals surface area contributed by atoms with E-state index in [0.717, 1.165) is 10.4 Å². The zero-order chi connectivity index (χ0) is 18.1. The quantitative estimate of drug-likeness (QED) is 0.778. The second kappa shape index (κ2) is 6.68. The van der Waals surface area contributed by atoms with E-state index in [1.807, 2.05) is 19.9 Å². The molecule has 2 aromatic heterocycles. The number of nitrogens with zero attached hydrogens (tertiary/aromatic N) is 2. The molecule has 1 atom stereocenters. The van der Waals surface area contributed by atoms with Gasteiger partial charge in [0, 0.05) is 4.88 Å². The SMILES string of the molecule is COc1ccccc1NC(=O)C(C)n1cnc2sc(C)c(C)c2c1=O. The van der Waals surface area contributed by atoms with Crippen LogP contribution in [0.1, 0.15) is 23.4 Å². The molecular weight excluding hydrogens is 338 g/mol. The normalized spacial score (nSPS) is 12.2. The second-order valence-electron chi connectivity index (χ2n) is 5.79. The third-order valence-electron chi connectivity index (χ3n) is 4.28. The van der Waals surface area contributed by atoms with Gasteiger partial charge in [-0.15, -0.1) is 11.3 Å². The Bertz CT molecular complexity index is 1010. The Morgan fingerprint density at radius 3 is 2.76 bits per heavy atom. The van der Waals surface area contributed by atoms with Crippen LogP contribution in [0.4, 0.5) is 5.69 Å². The largest absolute Gasteiger partial charge is 0.495 e. The van der Waals surface area contributed by atoms with Crippen molar-refractivity contribution in [2.45, 2.75) is 26.8 Å². The summed E-state index contributed by atoms with van der Waals surface area (Å²) in [6.45, 7) is 5.54. The van der Waals surface area contributed by atoms with E-state index < -0.39 is 6.04 Å². The molecule has 3 rings (SSSR count). The maximum atomic E-state index is 12.8. The molecule has 0 spiro atoms. The number of hydrogen-bond acceptors (Lipinski definition) is 5. The Balaban J connectivity index is 1.95. The zero-order valence-corrected chi connectivity index (χ0v) is 15.3. The highest BCUT2D eigenvalue weighted by molar-refractivity contribution is 7.18. The molecule has 0 aliphatic heterocycles. The Kier molecular flexibility index (Phi) is 4.59. The Morgan fingerprint density at radius 2 is 2.04 bits per heavy atom. The van der Waals surface area contributed by atoms with Crippen LogP contribution in [-0.4, -0.2) is 22.6 Å². The van der Waals surface area contributed by atoms with Crippen LogP contribution in [0.25, 0.3) is 10.2 Å². The van der Waals surface area contributed by atoms with E-state index in [-0.39, 0.29) is 11.5 Å². The molecule has 1 N–H and O–H groups in total. The molecule has 1 unspecified atom stereocenters. The maximum Gasteiger partial charge on any atom is 0.263 e. The molecule has 1 amide bonds. The fourth-order valence-corrected chi connectivity index (χ4v) is 3.62. The minimum absolute atomic E-state index is 0.200. The third kappa shape index (κ3) is 3.02. The lowest BCUT2D eigenvalue weighted by Crippen LogP contribution is -2.31. The summed E-state index contributed by atoms with van der Waals surface area (Å²) in [5.74, 6) is 0.255. The fourth-order valence-electron chi connectivity index (χ4n) is 2.64. The standard InChI is InChI=1S/C18H19N3O3S/c1-10-12(3)25-17-15(10)18(23)21(9-19-17)11(2)16(22)20-13-7-5-6-8-14(13)24-4/h5-9,11H,1-4H3,(H,20,22). The molecule has 130 valence electrons. The van der Waals surface area contributed by atoms with Crippen LogP contribution in [0.15, 0.2) is 35.4 Å². The van der Waals surface area contributed by atoms with Crippen molar-refractivity contribution in [1.29, 1.82) is 0 Å². The summed E-state index contributed by atoms with van der Waals surface area (Å²) in [6.07, 6.45) is 1.44. The first kappa shape index (κ1) is 17.2.